The van der Waals surface area contributed by atoms with E-state index in [-0.39, 0.29) is 0 Å². The molecule has 0 unspecified atom stereocenters. The van der Waals surface area contributed by atoms with E-state index in [1.807, 2.05) is 18.2 Å². The maximum atomic E-state index is 5.92. The van der Waals surface area contributed by atoms with Gasteiger partial charge in [0.2, 0.25) is 0 Å². The van der Waals surface area contributed by atoms with Gasteiger partial charge >= 0.3 is 0 Å². The highest BCUT2D eigenvalue weighted by atomic mass is 35.5. The summed E-state index contributed by atoms with van der Waals surface area (Å²) in [6.07, 6.45) is 0.959. The lowest BCUT2D eigenvalue weighted by atomic mass is 10.2. The molecule has 0 spiro atoms. The van der Waals surface area contributed by atoms with E-state index in [4.69, 9.17) is 21.1 Å². The molecule has 118 valence electrons. The molecule has 0 aliphatic rings. The van der Waals surface area contributed by atoms with Crippen molar-refractivity contribution in [3.63, 3.8) is 0 Å². The zero-order valence-corrected chi connectivity index (χ0v) is 13.8. The monoisotopic (exact) mass is 321 g/mol. The molecule has 1 aromatic carbocycles. The van der Waals surface area contributed by atoms with Crippen LogP contribution >= 0.6 is 11.6 Å². The summed E-state index contributed by atoms with van der Waals surface area (Å²) in [4.78, 5) is 8.32. The van der Waals surface area contributed by atoms with Gasteiger partial charge < -0.3 is 14.8 Å². The van der Waals surface area contributed by atoms with Gasteiger partial charge in [-0.3, -0.25) is 0 Å². The number of hydrogen-bond acceptors (Lipinski definition) is 5. The van der Waals surface area contributed by atoms with Gasteiger partial charge in [-0.1, -0.05) is 24.6 Å². The van der Waals surface area contributed by atoms with E-state index in [0.717, 1.165) is 23.5 Å². The van der Waals surface area contributed by atoms with Crippen molar-refractivity contribution >= 4 is 17.4 Å². The number of hydrogen-bond donors (Lipinski definition) is 1. The minimum atomic E-state index is 0.427. The molecule has 1 aromatic heterocycles. The van der Waals surface area contributed by atoms with Crippen LogP contribution in [0.4, 0.5) is 5.82 Å². The van der Waals surface area contributed by atoms with Crippen LogP contribution in [-0.2, 0) is 6.54 Å². The fraction of sp³-hybridized carbons (Fsp3) is 0.375. The molecule has 0 saturated carbocycles. The quantitative estimate of drug-likeness (QED) is 0.785. The Morgan fingerprint density at radius 3 is 2.68 bits per heavy atom. The number of ether oxygens (including phenoxy) is 2. The molecule has 0 aliphatic carbocycles. The fourth-order valence-electron chi connectivity index (χ4n) is 1.97. The first kappa shape index (κ1) is 16.4. The molecule has 22 heavy (non-hydrogen) atoms. The number of halogens is 1. The Hall–Kier alpha value is -2.01. The smallest absolute Gasteiger partial charge is 0.161 e. The predicted octanol–water partition coefficient (Wildman–Crippen LogP) is 3.85. The zero-order valence-electron chi connectivity index (χ0n) is 13.0. The Morgan fingerprint density at radius 1 is 1.18 bits per heavy atom. The topological polar surface area (TPSA) is 56.3 Å². The van der Waals surface area contributed by atoms with Gasteiger partial charge in [-0.2, -0.15) is 0 Å². The minimum Gasteiger partial charge on any atom is -0.493 e. The van der Waals surface area contributed by atoms with Gasteiger partial charge in [0.25, 0.3) is 0 Å². The van der Waals surface area contributed by atoms with Crippen LogP contribution in [0, 0.1) is 6.92 Å². The lowest BCUT2D eigenvalue weighted by molar-refractivity contribution is 0.294. The number of benzene rings is 1. The molecule has 6 heteroatoms. The van der Waals surface area contributed by atoms with Gasteiger partial charge in [-0.25, -0.2) is 9.97 Å². The van der Waals surface area contributed by atoms with Crippen molar-refractivity contribution in [1.29, 1.82) is 0 Å². The standard InChI is InChI=1S/C16H20ClN3O2/c1-4-7-22-13-6-5-12(8-14(13)21-3)10-18-16-9-15(17)19-11(2)20-16/h5-6,8-9H,4,7,10H2,1-3H3,(H,18,19,20). The molecule has 2 aromatic rings. The second-order valence-corrected chi connectivity index (χ2v) is 5.20. The highest BCUT2D eigenvalue weighted by molar-refractivity contribution is 6.29. The van der Waals surface area contributed by atoms with Crippen molar-refractivity contribution in [2.75, 3.05) is 19.0 Å². The molecule has 0 bridgehead atoms. The highest BCUT2D eigenvalue weighted by Crippen LogP contribution is 2.28. The van der Waals surface area contributed by atoms with E-state index in [9.17, 15) is 0 Å². The van der Waals surface area contributed by atoms with Gasteiger partial charge in [0.15, 0.2) is 11.5 Å². The summed E-state index contributed by atoms with van der Waals surface area (Å²) in [7, 11) is 1.64. The number of rotatable bonds is 7. The summed E-state index contributed by atoms with van der Waals surface area (Å²) in [5.41, 5.74) is 1.06. The Balaban J connectivity index is 2.06. The van der Waals surface area contributed by atoms with Crippen molar-refractivity contribution in [3.05, 3.63) is 40.8 Å². The van der Waals surface area contributed by atoms with Crippen molar-refractivity contribution in [3.8, 4) is 11.5 Å². The van der Waals surface area contributed by atoms with E-state index >= 15 is 0 Å². The molecule has 0 amide bonds. The van der Waals surface area contributed by atoms with Crippen LogP contribution in [0.2, 0.25) is 5.15 Å². The molecular weight excluding hydrogens is 302 g/mol. The number of aryl methyl sites for hydroxylation is 1. The molecule has 0 radical (unpaired) electrons. The van der Waals surface area contributed by atoms with E-state index in [1.54, 1.807) is 20.1 Å². The van der Waals surface area contributed by atoms with Gasteiger partial charge in [0, 0.05) is 12.6 Å². The fourth-order valence-corrected chi connectivity index (χ4v) is 2.19. The normalized spacial score (nSPS) is 10.4. The molecular formula is C16H20ClN3O2. The Kier molecular flexibility index (Phi) is 5.83. The molecule has 0 fully saturated rings. The number of nitrogens with one attached hydrogen (secondary N) is 1. The summed E-state index contributed by atoms with van der Waals surface area (Å²) >= 11 is 5.92. The third kappa shape index (κ3) is 4.49. The zero-order chi connectivity index (χ0) is 15.9. The number of methoxy groups -OCH3 is 1. The van der Waals surface area contributed by atoms with Crippen LogP contribution in [0.15, 0.2) is 24.3 Å². The summed E-state index contributed by atoms with van der Waals surface area (Å²) in [5.74, 6) is 2.82. The molecule has 0 aliphatic heterocycles. The SMILES string of the molecule is CCCOc1ccc(CNc2cc(Cl)nc(C)n2)cc1OC. The molecule has 1 N–H and O–H groups in total. The van der Waals surface area contributed by atoms with Crippen LogP contribution in [-0.4, -0.2) is 23.7 Å². The van der Waals surface area contributed by atoms with Crippen LogP contribution < -0.4 is 14.8 Å². The Morgan fingerprint density at radius 2 is 2.00 bits per heavy atom. The minimum absolute atomic E-state index is 0.427. The van der Waals surface area contributed by atoms with Crippen molar-refractivity contribution in [1.82, 2.24) is 9.97 Å². The van der Waals surface area contributed by atoms with Crippen LogP contribution in [0.3, 0.4) is 0 Å². The van der Waals surface area contributed by atoms with Gasteiger partial charge in [-0.15, -0.1) is 0 Å². The van der Waals surface area contributed by atoms with E-state index < -0.39 is 0 Å². The predicted molar refractivity (Wildman–Crippen MR) is 87.9 cm³/mol. The molecule has 0 atom stereocenters. The highest BCUT2D eigenvalue weighted by Gasteiger charge is 2.06. The largest absolute Gasteiger partial charge is 0.493 e. The Bertz CT molecular complexity index is 615. The number of aromatic nitrogens is 2. The first-order chi connectivity index (χ1) is 10.6. The average molecular weight is 322 g/mol. The van der Waals surface area contributed by atoms with Crippen molar-refractivity contribution in [2.45, 2.75) is 26.8 Å². The van der Waals surface area contributed by atoms with Crippen LogP contribution in [0.25, 0.3) is 0 Å². The summed E-state index contributed by atoms with van der Waals surface area (Å²) in [5, 5.41) is 3.65. The lowest BCUT2D eigenvalue weighted by Gasteiger charge is -2.12. The number of nitrogens with zero attached hydrogens (tertiary/aromatic N) is 2. The van der Waals surface area contributed by atoms with E-state index in [0.29, 0.717) is 29.9 Å². The number of anilines is 1. The van der Waals surface area contributed by atoms with Gasteiger partial charge in [0.05, 0.1) is 13.7 Å². The first-order valence-corrected chi connectivity index (χ1v) is 7.55. The van der Waals surface area contributed by atoms with Crippen molar-refractivity contribution < 1.29 is 9.47 Å². The summed E-state index contributed by atoms with van der Waals surface area (Å²) in [6, 6.07) is 7.57. The van der Waals surface area contributed by atoms with Crippen LogP contribution in [0.1, 0.15) is 24.7 Å². The second-order valence-electron chi connectivity index (χ2n) is 4.81. The maximum absolute atomic E-state index is 5.92. The molecule has 1 heterocycles. The van der Waals surface area contributed by atoms with E-state index in [1.165, 1.54) is 0 Å². The average Bonchev–Trinajstić information content (AvgIpc) is 2.50. The molecule has 2 rings (SSSR count). The second kappa shape index (κ2) is 7.84. The van der Waals surface area contributed by atoms with E-state index in [2.05, 4.69) is 22.2 Å². The summed E-state index contributed by atoms with van der Waals surface area (Å²) in [6.45, 7) is 5.16. The summed E-state index contributed by atoms with van der Waals surface area (Å²) < 4.78 is 11.0. The first-order valence-electron chi connectivity index (χ1n) is 7.17. The maximum Gasteiger partial charge on any atom is 0.161 e. The van der Waals surface area contributed by atoms with Gasteiger partial charge in [-0.05, 0) is 31.0 Å². The molecule has 5 nitrogen and oxygen atoms in total. The van der Waals surface area contributed by atoms with Gasteiger partial charge in [0.1, 0.15) is 16.8 Å². The third-order valence-corrected chi connectivity index (χ3v) is 3.16. The Labute approximate surface area is 135 Å². The molecule has 0 saturated heterocycles. The van der Waals surface area contributed by atoms with Crippen LogP contribution in [0.5, 0.6) is 11.5 Å². The lowest BCUT2D eigenvalue weighted by Crippen LogP contribution is -2.04. The third-order valence-electron chi connectivity index (χ3n) is 2.97. The van der Waals surface area contributed by atoms with Crippen molar-refractivity contribution in [2.24, 2.45) is 0 Å².